The monoisotopic (exact) mass is 199 g/mol. The van der Waals surface area contributed by atoms with Crippen LogP contribution in [0.15, 0.2) is 6.20 Å². The van der Waals surface area contributed by atoms with Crippen LogP contribution in [0.4, 0.5) is 5.82 Å². The highest BCUT2D eigenvalue weighted by Gasteiger charge is 2.13. The molecule has 78 valence electrons. The number of aromatic nitrogens is 3. The lowest BCUT2D eigenvalue weighted by Crippen LogP contribution is -2.20. The summed E-state index contributed by atoms with van der Waals surface area (Å²) in [6.07, 6.45) is 1.34. The third kappa shape index (κ3) is 2.77. The molecule has 1 atom stereocenters. The maximum Gasteiger partial charge on any atom is 0.410 e. The summed E-state index contributed by atoms with van der Waals surface area (Å²) in [6, 6.07) is 0. The van der Waals surface area contributed by atoms with Gasteiger partial charge >= 0.3 is 5.82 Å². The van der Waals surface area contributed by atoms with Crippen molar-refractivity contribution >= 4 is 5.82 Å². The summed E-state index contributed by atoms with van der Waals surface area (Å²) in [5, 5.41) is 20.4. The minimum atomic E-state index is -0.549. The van der Waals surface area contributed by atoms with Crippen molar-refractivity contribution in [2.75, 3.05) is 13.6 Å². The van der Waals surface area contributed by atoms with Crippen LogP contribution in [0.5, 0.6) is 0 Å². The van der Waals surface area contributed by atoms with Crippen LogP contribution >= 0.6 is 0 Å². The molecule has 0 aliphatic carbocycles. The molecule has 7 heteroatoms. The van der Waals surface area contributed by atoms with E-state index in [2.05, 4.69) is 15.6 Å². The van der Waals surface area contributed by atoms with E-state index in [1.54, 1.807) is 0 Å². The van der Waals surface area contributed by atoms with Crippen LogP contribution in [0.25, 0.3) is 0 Å². The molecule has 0 saturated heterocycles. The molecule has 1 N–H and O–H groups in total. The van der Waals surface area contributed by atoms with Gasteiger partial charge in [-0.2, -0.15) is 0 Å². The number of rotatable bonds is 5. The standard InChI is InChI=1S/C7H13N5O2/c1-6(3-8-2)4-11-5-7(9-10-11)12(13)14/h5-6,8H,3-4H2,1-2H3. The fourth-order valence-electron chi connectivity index (χ4n) is 1.19. The number of hydrogen-bond donors (Lipinski definition) is 1. The average molecular weight is 199 g/mol. The minimum Gasteiger partial charge on any atom is -0.358 e. The van der Waals surface area contributed by atoms with Crippen LogP contribution in [0, 0.1) is 16.0 Å². The summed E-state index contributed by atoms with van der Waals surface area (Å²) in [5.41, 5.74) is 0. The van der Waals surface area contributed by atoms with Gasteiger partial charge < -0.3 is 15.4 Å². The second-order valence-corrected chi connectivity index (χ2v) is 3.22. The summed E-state index contributed by atoms with van der Waals surface area (Å²) >= 11 is 0. The summed E-state index contributed by atoms with van der Waals surface area (Å²) in [4.78, 5) is 9.75. The molecule has 0 aromatic carbocycles. The third-order valence-corrected chi connectivity index (χ3v) is 1.76. The highest BCUT2D eigenvalue weighted by molar-refractivity contribution is 5.08. The molecule has 0 bridgehead atoms. The first kappa shape index (κ1) is 10.6. The fraction of sp³-hybridized carbons (Fsp3) is 0.714. The lowest BCUT2D eigenvalue weighted by molar-refractivity contribution is -0.389. The van der Waals surface area contributed by atoms with Gasteiger partial charge in [-0.05, 0) is 24.4 Å². The zero-order valence-corrected chi connectivity index (χ0v) is 8.17. The molecule has 14 heavy (non-hydrogen) atoms. The first-order valence-electron chi connectivity index (χ1n) is 4.32. The molecule has 0 radical (unpaired) electrons. The third-order valence-electron chi connectivity index (χ3n) is 1.76. The summed E-state index contributed by atoms with van der Waals surface area (Å²) in [6.45, 7) is 3.50. The van der Waals surface area contributed by atoms with Gasteiger partial charge in [0.25, 0.3) is 0 Å². The van der Waals surface area contributed by atoms with Crippen LogP contribution < -0.4 is 5.32 Å². The quantitative estimate of drug-likeness (QED) is 0.534. The maximum atomic E-state index is 10.3. The first-order chi connectivity index (χ1) is 6.63. The second-order valence-electron chi connectivity index (χ2n) is 3.22. The molecule has 0 fully saturated rings. The summed E-state index contributed by atoms with van der Waals surface area (Å²) in [7, 11) is 1.86. The molecule has 0 spiro atoms. The van der Waals surface area contributed by atoms with E-state index < -0.39 is 4.92 Å². The predicted molar refractivity (Wildman–Crippen MR) is 49.8 cm³/mol. The Kier molecular flexibility index (Phi) is 3.52. The maximum absolute atomic E-state index is 10.3. The van der Waals surface area contributed by atoms with E-state index in [0.717, 1.165) is 6.54 Å². The van der Waals surface area contributed by atoms with Crippen LogP contribution in [0.3, 0.4) is 0 Å². The fourth-order valence-corrected chi connectivity index (χ4v) is 1.19. The first-order valence-corrected chi connectivity index (χ1v) is 4.32. The van der Waals surface area contributed by atoms with Crippen LogP contribution in [-0.4, -0.2) is 33.5 Å². The van der Waals surface area contributed by atoms with Gasteiger partial charge in [0, 0.05) is 6.54 Å². The van der Waals surface area contributed by atoms with E-state index in [1.807, 2.05) is 14.0 Å². The van der Waals surface area contributed by atoms with Gasteiger partial charge in [-0.1, -0.05) is 6.92 Å². The second kappa shape index (κ2) is 4.66. The minimum absolute atomic E-state index is 0.207. The normalized spacial score (nSPS) is 12.7. The summed E-state index contributed by atoms with van der Waals surface area (Å²) in [5.74, 6) is 0.156. The van der Waals surface area contributed by atoms with Gasteiger partial charge in [-0.25, -0.2) is 4.68 Å². The molecular formula is C7H13N5O2. The molecular weight excluding hydrogens is 186 g/mol. The van der Waals surface area contributed by atoms with Crippen molar-refractivity contribution in [2.45, 2.75) is 13.5 Å². The average Bonchev–Trinajstić information content (AvgIpc) is 2.53. The highest BCUT2D eigenvalue weighted by atomic mass is 16.6. The van der Waals surface area contributed by atoms with Gasteiger partial charge in [-0.15, -0.1) is 0 Å². The van der Waals surface area contributed by atoms with Gasteiger partial charge in [0.1, 0.15) is 11.3 Å². The lowest BCUT2D eigenvalue weighted by atomic mass is 10.2. The van der Waals surface area contributed by atoms with E-state index in [9.17, 15) is 10.1 Å². The van der Waals surface area contributed by atoms with Crippen molar-refractivity contribution in [1.29, 1.82) is 0 Å². The smallest absolute Gasteiger partial charge is 0.358 e. The molecule has 7 nitrogen and oxygen atoms in total. The molecule has 1 aromatic heterocycles. The van der Waals surface area contributed by atoms with Crippen LogP contribution in [-0.2, 0) is 6.54 Å². The van der Waals surface area contributed by atoms with Crippen molar-refractivity contribution < 1.29 is 4.92 Å². The Labute approximate surface area is 81.3 Å². The van der Waals surface area contributed by atoms with Gasteiger partial charge in [0.15, 0.2) is 0 Å². The van der Waals surface area contributed by atoms with E-state index in [0.29, 0.717) is 12.5 Å². The Balaban J connectivity index is 2.55. The Morgan fingerprint density at radius 1 is 1.79 bits per heavy atom. The van der Waals surface area contributed by atoms with Crippen LogP contribution in [0.1, 0.15) is 6.92 Å². The van der Waals surface area contributed by atoms with Crippen molar-refractivity contribution in [1.82, 2.24) is 20.3 Å². The van der Waals surface area contributed by atoms with Crippen molar-refractivity contribution in [3.63, 3.8) is 0 Å². The van der Waals surface area contributed by atoms with Crippen LogP contribution in [0.2, 0.25) is 0 Å². The molecule has 1 unspecified atom stereocenters. The molecule has 0 saturated carbocycles. The summed E-state index contributed by atoms with van der Waals surface area (Å²) < 4.78 is 1.49. The van der Waals surface area contributed by atoms with E-state index in [-0.39, 0.29) is 5.82 Å². The predicted octanol–water partition coefficient (Wildman–Crippen LogP) is 0.0418. The Bertz CT molecular complexity index is 311. The lowest BCUT2D eigenvalue weighted by Gasteiger charge is -2.08. The Morgan fingerprint density at radius 3 is 3.00 bits per heavy atom. The van der Waals surface area contributed by atoms with Crippen molar-refractivity contribution in [2.24, 2.45) is 5.92 Å². The van der Waals surface area contributed by atoms with Gasteiger partial charge in [-0.3, -0.25) is 0 Å². The van der Waals surface area contributed by atoms with Gasteiger partial charge in [0.2, 0.25) is 0 Å². The van der Waals surface area contributed by atoms with Gasteiger partial charge in [0.05, 0.1) is 5.21 Å². The highest BCUT2D eigenvalue weighted by Crippen LogP contribution is 2.05. The zero-order valence-electron chi connectivity index (χ0n) is 8.17. The Hall–Kier alpha value is -1.50. The Morgan fingerprint density at radius 2 is 2.50 bits per heavy atom. The largest absolute Gasteiger partial charge is 0.410 e. The molecule has 1 aromatic rings. The molecule has 0 amide bonds. The zero-order chi connectivity index (χ0) is 10.6. The number of nitrogens with zero attached hydrogens (tertiary/aromatic N) is 4. The van der Waals surface area contributed by atoms with E-state index in [4.69, 9.17) is 0 Å². The SMILES string of the molecule is CNCC(C)Cn1cc([N+](=O)[O-])nn1. The van der Waals surface area contributed by atoms with E-state index in [1.165, 1.54) is 10.9 Å². The van der Waals surface area contributed by atoms with E-state index >= 15 is 0 Å². The number of nitrogens with one attached hydrogen (secondary N) is 1. The molecule has 0 aliphatic rings. The molecule has 1 rings (SSSR count). The van der Waals surface area contributed by atoms with Crippen molar-refractivity contribution in [3.05, 3.63) is 16.3 Å². The number of nitro groups is 1. The van der Waals surface area contributed by atoms with Crippen molar-refractivity contribution in [3.8, 4) is 0 Å². The number of hydrogen-bond acceptors (Lipinski definition) is 5. The molecule has 1 heterocycles. The topological polar surface area (TPSA) is 85.9 Å². The molecule has 0 aliphatic heterocycles.